The Hall–Kier alpha value is -1.43. The highest BCUT2D eigenvalue weighted by molar-refractivity contribution is 5.81. The van der Waals surface area contributed by atoms with Crippen molar-refractivity contribution >= 4 is 5.91 Å². The first-order valence-corrected chi connectivity index (χ1v) is 7.99. The molecule has 0 saturated heterocycles. The number of nitrogens with zero attached hydrogens (tertiary/aromatic N) is 4. The van der Waals surface area contributed by atoms with Crippen molar-refractivity contribution in [3.05, 3.63) is 12.2 Å². The van der Waals surface area contributed by atoms with Crippen molar-refractivity contribution in [1.82, 2.24) is 25.0 Å². The second-order valence-corrected chi connectivity index (χ2v) is 6.02. The van der Waals surface area contributed by atoms with Gasteiger partial charge in [0.15, 0.2) is 0 Å². The zero-order valence-electron chi connectivity index (χ0n) is 13.4. The summed E-state index contributed by atoms with van der Waals surface area (Å²) in [7, 11) is 1.96. The van der Waals surface area contributed by atoms with Gasteiger partial charge in [-0.15, -0.1) is 10.2 Å². The van der Waals surface area contributed by atoms with Crippen molar-refractivity contribution in [3.63, 3.8) is 0 Å². The molecule has 1 amide bonds. The van der Waals surface area contributed by atoms with Crippen molar-refractivity contribution in [2.75, 3.05) is 7.05 Å². The number of carbonyl (C=O) groups is 1. The third-order valence-electron chi connectivity index (χ3n) is 4.29. The summed E-state index contributed by atoms with van der Waals surface area (Å²) in [4.78, 5) is 14.3. The van der Waals surface area contributed by atoms with Crippen LogP contribution in [0.2, 0.25) is 0 Å². The molecule has 0 unspecified atom stereocenters. The number of hydrogen-bond acceptors (Lipinski definition) is 4. The number of likely N-dealkylation sites (N-methyl/N-ethyl adjacent to an activating group) is 1. The molecule has 1 N–H and O–H groups in total. The molecule has 0 radical (unpaired) electrons. The van der Waals surface area contributed by atoms with Crippen LogP contribution in [0.15, 0.2) is 6.33 Å². The fourth-order valence-corrected chi connectivity index (χ4v) is 2.78. The van der Waals surface area contributed by atoms with Crippen LogP contribution in [0.3, 0.4) is 0 Å². The van der Waals surface area contributed by atoms with Gasteiger partial charge in [-0.05, 0) is 33.2 Å². The van der Waals surface area contributed by atoms with Gasteiger partial charge in [0.1, 0.15) is 12.2 Å². The molecule has 1 aromatic heterocycles. The van der Waals surface area contributed by atoms with E-state index in [0.717, 1.165) is 31.6 Å². The summed E-state index contributed by atoms with van der Waals surface area (Å²) in [6.45, 7) is 5.63. The predicted molar refractivity (Wildman–Crippen MR) is 81.6 cm³/mol. The maximum Gasteiger partial charge on any atom is 0.237 e. The summed E-state index contributed by atoms with van der Waals surface area (Å²) in [5.41, 5.74) is 0. The van der Waals surface area contributed by atoms with Crippen LogP contribution in [0.5, 0.6) is 0 Å². The first kappa shape index (κ1) is 15.9. The van der Waals surface area contributed by atoms with Gasteiger partial charge in [-0.3, -0.25) is 9.69 Å². The third kappa shape index (κ3) is 4.27. The Morgan fingerprint density at radius 1 is 1.52 bits per heavy atom. The van der Waals surface area contributed by atoms with E-state index in [9.17, 15) is 4.79 Å². The molecular formula is C15H27N5O. The summed E-state index contributed by atoms with van der Waals surface area (Å²) in [6, 6.07) is 0.217. The van der Waals surface area contributed by atoms with Gasteiger partial charge >= 0.3 is 0 Å². The molecule has 1 heterocycles. The molecule has 1 atom stereocenters. The summed E-state index contributed by atoms with van der Waals surface area (Å²) < 4.78 is 2.05. The normalized spacial score (nSPS) is 17.3. The Balaban J connectivity index is 1.87. The number of hydrogen-bond donors (Lipinski definition) is 1. The highest BCUT2D eigenvalue weighted by atomic mass is 16.2. The number of rotatable bonds is 7. The van der Waals surface area contributed by atoms with Crippen molar-refractivity contribution in [1.29, 1.82) is 0 Å². The van der Waals surface area contributed by atoms with Gasteiger partial charge in [0.25, 0.3) is 0 Å². The molecule has 118 valence electrons. The van der Waals surface area contributed by atoms with E-state index in [2.05, 4.69) is 27.0 Å². The van der Waals surface area contributed by atoms with Gasteiger partial charge in [0.2, 0.25) is 5.91 Å². The molecule has 1 aliphatic rings. The molecular weight excluding hydrogens is 266 g/mol. The quantitative estimate of drug-likeness (QED) is 0.829. The van der Waals surface area contributed by atoms with E-state index in [4.69, 9.17) is 0 Å². The number of nitrogens with one attached hydrogen (secondary N) is 1. The summed E-state index contributed by atoms with van der Waals surface area (Å²) >= 11 is 0. The molecule has 0 bridgehead atoms. The van der Waals surface area contributed by atoms with Gasteiger partial charge in [-0.1, -0.05) is 19.8 Å². The third-order valence-corrected chi connectivity index (χ3v) is 4.29. The second kappa shape index (κ2) is 7.54. The zero-order chi connectivity index (χ0) is 15.2. The zero-order valence-corrected chi connectivity index (χ0v) is 13.4. The SMILES string of the molecule is CCCn1cnnc1CN(C)[C@@H](C)C(=O)NC1CCCC1. The van der Waals surface area contributed by atoms with E-state index in [0.29, 0.717) is 12.6 Å². The van der Waals surface area contributed by atoms with Gasteiger partial charge in [0.05, 0.1) is 12.6 Å². The Labute approximate surface area is 126 Å². The van der Waals surface area contributed by atoms with Crippen LogP contribution in [-0.2, 0) is 17.9 Å². The van der Waals surface area contributed by atoms with Crippen LogP contribution in [0, 0.1) is 0 Å². The van der Waals surface area contributed by atoms with E-state index >= 15 is 0 Å². The van der Waals surface area contributed by atoms with Crippen LogP contribution in [0.1, 0.15) is 51.8 Å². The van der Waals surface area contributed by atoms with Gasteiger partial charge < -0.3 is 9.88 Å². The monoisotopic (exact) mass is 293 g/mol. The highest BCUT2D eigenvalue weighted by Gasteiger charge is 2.23. The number of amides is 1. The highest BCUT2D eigenvalue weighted by Crippen LogP contribution is 2.18. The maximum absolute atomic E-state index is 12.3. The summed E-state index contributed by atoms with van der Waals surface area (Å²) in [5.74, 6) is 1.03. The topological polar surface area (TPSA) is 63.1 Å². The summed E-state index contributed by atoms with van der Waals surface area (Å²) in [5, 5.41) is 11.3. The molecule has 6 heteroatoms. The predicted octanol–water partition coefficient (Wildman–Crippen LogP) is 1.57. The maximum atomic E-state index is 12.3. The minimum Gasteiger partial charge on any atom is -0.352 e. The van der Waals surface area contributed by atoms with Crippen LogP contribution in [0.25, 0.3) is 0 Å². The van der Waals surface area contributed by atoms with Gasteiger partial charge in [0, 0.05) is 12.6 Å². The van der Waals surface area contributed by atoms with Crippen molar-refractivity contribution in [3.8, 4) is 0 Å². The fraction of sp³-hybridized carbons (Fsp3) is 0.800. The number of aromatic nitrogens is 3. The van der Waals surface area contributed by atoms with E-state index in [1.165, 1.54) is 12.8 Å². The minimum atomic E-state index is -0.155. The summed E-state index contributed by atoms with van der Waals surface area (Å²) in [6.07, 6.45) is 7.51. The standard InChI is InChI=1S/C15H27N5O/c1-4-9-20-11-16-18-14(20)10-19(3)12(2)15(21)17-13-7-5-6-8-13/h11-13H,4-10H2,1-3H3,(H,17,21)/t12-/m0/s1. The smallest absolute Gasteiger partial charge is 0.237 e. The lowest BCUT2D eigenvalue weighted by Crippen LogP contribution is -2.46. The minimum absolute atomic E-state index is 0.117. The Morgan fingerprint density at radius 2 is 2.24 bits per heavy atom. The molecule has 1 aliphatic carbocycles. The molecule has 21 heavy (non-hydrogen) atoms. The lowest BCUT2D eigenvalue weighted by Gasteiger charge is -2.25. The largest absolute Gasteiger partial charge is 0.352 e. The van der Waals surface area contributed by atoms with Gasteiger partial charge in [-0.2, -0.15) is 0 Å². The number of carbonyl (C=O) groups excluding carboxylic acids is 1. The Bertz CT molecular complexity index is 453. The molecule has 2 rings (SSSR count). The Morgan fingerprint density at radius 3 is 2.90 bits per heavy atom. The van der Waals surface area contributed by atoms with Crippen molar-refractivity contribution in [2.24, 2.45) is 0 Å². The first-order chi connectivity index (χ1) is 10.1. The lowest BCUT2D eigenvalue weighted by atomic mass is 10.2. The number of aryl methyl sites for hydroxylation is 1. The molecule has 1 aromatic rings. The van der Waals surface area contributed by atoms with Crippen LogP contribution < -0.4 is 5.32 Å². The van der Waals surface area contributed by atoms with Crippen LogP contribution in [0.4, 0.5) is 0 Å². The fourth-order valence-electron chi connectivity index (χ4n) is 2.78. The van der Waals surface area contributed by atoms with E-state index in [1.54, 1.807) is 6.33 Å². The molecule has 0 aliphatic heterocycles. The van der Waals surface area contributed by atoms with E-state index in [1.807, 2.05) is 18.9 Å². The van der Waals surface area contributed by atoms with E-state index in [-0.39, 0.29) is 11.9 Å². The average Bonchev–Trinajstić information content (AvgIpc) is 3.11. The molecule has 1 saturated carbocycles. The Kier molecular flexibility index (Phi) is 5.73. The molecule has 0 aromatic carbocycles. The van der Waals surface area contributed by atoms with Crippen LogP contribution >= 0.6 is 0 Å². The van der Waals surface area contributed by atoms with Crippen molar-refractivity contribution < 1.29 is 4.79 Å². The molecule has 6 nitrogen and oxygen atoms in total. The van der Waals surface area contributed by atoms with Gasteiger partial charge in [-0.25, -0.2) is 0 Å². The lowest BCUT2D eigenvalue weighted by molar-refractivity contribution is -0.126. The van der Waals surface area contributed by atoms with Crippen molar-refractivity contribution in [2.45, 2.75) is 71.1 Å². The first-order valence-electron chi connectivity index (χ1n) is 7.99. The van der Waals surface area contributed by atoms with Crippen LogP contribution in [-0.4, -0.2) is 44.7 Å². The average molecular weight is 293 g/mol. The second-order valence-electron chi connectivity index (χ2n) is 6.02. The molecule has 1 fully saturated rings. The molecule has 0 spiro atoms. The van der Waals surface area contributed by atoms with E-state index < -0.39 is 0 Å².